The molecule has 43 nitrogen and oxygen atoms in total. The summed E-state index contributed by atoms with van der Waals surface area (Å²) >= 11 is 0. The lowest BCUT2D eigenvalue weighted by Crippen LogP contribution is -2.67. The molecule has 0 amide bonds. The van der Waals surface area contributed by atoms with Gasteiger partial charge in [0, 0.05) is 0 Å². The summed E-state index contributed by atoms with van der Waals surface area (Å²) in [5.74, 6) is 0. The molecular formula is C60H142N8O35S8. The van der Waals surface area contributed by atoms with Crippen molar-refractivity contribution < 1.29 is 151 Å². The molecule has 2 aliphatic heterocycles. The Morgan fingerprint density at radius 3 is 0.532 bits per heavy atom. The molecule has 2 saturated heterocycles. The second-order valence-corrected chi connectivity index (χ2v) is 31.0. The van der Waals surface area contributed by atoms with Crippen LogP contribution in [0.15, 0.2) is 0 Å². The zero-order valence-corrected chi connectivity index (χ0v) is 76.1. The van der Waals surface area contributed by atoms with E-state index in [4.69, 9.17) is 27.9 Å². The van der Waals surface area contributed by atoms with Crippen LogP contribution < -0.4 is 0 Å². The zero-order chi connectivity index (χ0) is 88.6. The molecule has 111 heavy (non-hydrogen) atoms. The normalized spacial score (nSPS) is 20.5. The number of hydrogen-bond donors (Lipinski definition) is 8. The van der Waals surface area contributed by atoms with E-state index in [9.17, 15) is 90.1 Å². The van der Waals surface area contributed by atoms with Gasteiger partial charge in [0.1, 0.15) is 36.6 Å². The first kappa shape index (κ1) is 123. The lowest BCUT2D eigenvalue weighted by atomic mass is 9.97. The van der Waals surface area contributed by atoms with Crippen LogP contribution in [0, 0.1) is 0 Å². The van der Waals surface area contributed by atoms with Gasteiger partial charge in [-0.3, -0.25) is 36.4 Å². The van der Waals surface area contributed by atoms with Crippen LogP contribution in [0.25, 0.3) is 0 Å². The van der Waals surface area contributed by atoms with E-state index in [-0.39, 0.29) is 0 Å². The Bertz CT molecular complexity index is 3000. The predicted octanol–water partition coefficient (Wildman–Crippen LogP) is 4.00. The molecule has 0 radical (unpaired) electrons. The summed E-state index contributed by atoms with van der Waals surface area (Å²) in [5.41, 5.74) is 0. The Labute approximate surface area is 667 Å². The van der Waals surface area contributed by atoms with Gasteiger partial charge in [-0.1, -0.05) is 166 Å². The number of rotatable bonds is 44. The Morgan fingerprint density at radius 2 is 0.360 bits per heavy atom. The van der Waals surface area contributed by atoms with Gasteiger partial charge >= 0.3 is 83.2 Å². The first-order chi connectivity index (χ1) is 51.0. The van der Waals surface area contributed by atoms with Crippen LogP contribution in [0.4, 0.5) is 0 Å². The first-order valence-electron chi connectivity index (χ1n) is 36.9. The number of ether oxygens (including phenoxy) is 3. The molecule has 8 N–H and O–H groups in total. The van der Waals surface area contributed by atoms with Gasteiger partial charge < -0.3 is 53.4 Å². The lowest BCUT2D eigenvalue weighted by molar-refractivity contribution is -0.341. The molecule has 0 aliphatic carbocycles. The summed E-state index contributed by atoms with van der Waals surface area (Å²) < 4.78 is 306. The summed E-state index contributed by atoms with van der Waals surface area (Å²) in [7, 11) is -48.2. The van der Waals surface area contributed by atoms with E-state index in [1.54, 1.807) is 0 Å². The van der Waals surface area contributed by atoms with Crippen LogP contribution in [0.2, 0.25) is 0 Å². The van der Waals surface area contributed by atoms with Gasteiger partial charge in [0.25, 0.3) is 0 Å². The van der Waals surface area contributed by atoms with E-state index in [2.05, 4.69) is 239 Å². The molecule has 51 heteroatoms. The summed E-state index contributed by atoms with van der Waals surface area (Å²) in [6.07, 6.45) is -32.1. The van der Waals surface area contributed by atoms with Gasteiger partial charge in [0.2, 0.25) is 6.29 Å². The monoisotopic (exact) mass is 1790 g/mol. The molecule has 2 unspecified atom stereocenters. The van der Waals surface area contributed by atoms with Gasteiger partial charge in [-0.2, -0.15) is 67.3 Å². The summed E-state index contributed by atoms with van der Waals surface area (Å²) in [6.45, 7) is 77.1. The maximum atomic E-state index is 11.8. The molecule has 2 aliphatic rings. The summed E-state index contributed by atoms with van der Waals surface area (Å²) in [5, 5.41) is 0. The molecular weight excluding hydrogens is 1650 g/mol. The minimum atomic E-state index is -6.20. The van der Waals surface area contributed by atoms with E-state index in [1.807, 2.05) is 0 Å². The molecule has 10 atom stereocenters. The summed E-state index contributed by atoms with van der Waals surface area (Å²) in [6, 6.07) is 0. The third-order valence-corrected chi connectivity index (χ3v) is 20.0. The first-order valence-corrected chi connectivity index (χ1v) is 47.8. The molecule has 0 spiro atoms. The maximum Gasteiger partial charge on any atom is 0.399 e. The highest BCUT2D eigenvalue weighted by molar-refractivity contribution is 7.82. The fraction of sp³-hybridized carbons (Fsp3) is 1.00. The van der Waals surface area contributed by atoms with Crippen LogP contribution >= 0.6 is 0 Å². The van der Waals surface area contributed by atoms with E-state index in [1.165, 1.54) is 157 Å². The van der Waals surface area contributed by atoms with Crippen molar-refractivity contribution in [3.05, 3.63) is 0 Å². The fourth-order valence-corrected chi connectivity index (χ4v) is 13.0. The third kappa shape index (κ3) is 70.1. The van der Waals surface area contributed by atoms with Crippen LogP contribution in [-0.4, -0.2) is 375 Å². The molecule has 0 bridgehead atoms. The Kier molecular flexibility index (Phi) is 73.3. The lowest BCUT2D eigenvalue weighted by Gasteiger charge is -2.47. The molecule has 680 valence electrons. The van der Waals surface area contributed by atoms with Gasteiger partial charge in [0.05, 0.1) is 13.2 Å². The van der Waals surface area contributed by atoms with Crippen molar-refractivity contribution >= 4 is 83.2 Å². The molecule has 2 fully saturated rings. The quantitative estimate of drug-likeness (QED) is 0.0400. The highest BCUT2D eigenvalue weighted by Crippen LogP contribution is 2.37. The van der Waals surface area contributed by atoms with Crippen LogP contribution in [0.1, 0.15) is 166 Å². The van der Waals surface area contributed by atoms with Gasteiger partial charge in [0.15, 0.2) is 18.5 Å². The van der Waals surface area contributed by atoms with Crippen molar-refractivity contribution in [1.82, 2.24) is 39.2 Å². The minimum absolute atomic E-state index is 1.19. The van der Waals surface area contributed by atoms with E-state index >= 15 is 0 Å². The molecule has 0 aromatic heterocycles. The number of nitrogens with zero attached hydrogens (tertiary/aromatic N) is 8. The number of hydrogen-bond acceptors (Lipinski definition) is 35. The van der Waals surface area contributed by atoms with E-state index in [0.717, 1.165) is 0 Å². The fourth-order valence-electron chi connectivity index (χ4n) is 9.57. The van der Waals surface area contributed by atoms with Crippen molar-refractivity contribution in [3.63, 3.8) is 0 Å². The van der Waals surface area contributed by atoms with Crippen molar-refractivity contribution in [1.29, 1.82) is 0 Å². The topological polar surface area (TPSA) is 562 Å². The smallest absolute Gasteiger partial charge is 0.341 e. The van der Waals surface area contributed by atoms with Crippen LogP contribution in [-0.2, 0) is 131 Å². The molecule has 2 rings (SSSR count). The highest BCUT2D eigenvalue weighted by Gasteiger charge is 2.59. The van der Waals surface area contributed by atoms with Gasteiger partial charge in [-0.05, 0) is 157 Å². The Morgan fingerprint density at radius 1 is 0.207 bits per heavy atom. The standard InChI is InChI=1S/C12H22O35S8.8C6H15N/c13-48(14,15)37-1-3-5(7(43-51(22,23)24)10(46-54(31,32)33)12(40-3)47-55(34,35)36)41-11-9(45-53(28,29)30)8(44-52(25,26)27)6(42-50(19,20)21)4(39-11)2-38-49(16,17)18;8*1-4-7(5-2)6-3/h3-12H,1-2H2,(H,13,14,15)(H,16,17,18)(H,19,20,21)(H,22,23,24)(H,25,26,27)(H,28,29,30)(H,31,32,33)(H,34,35,36);8*4-6H2,1-3H3/t3-,4-,5-,6+,7?,8+,9-,10-,11+,12?;;;;;;;;/m1......../s1. The maximum absolute atomic E-state index is 11.8. The molecule has 0 aromatic rings. The van der Waals surface area contributed by atoms with Crippen molar-refractivity contribution in [2.24, 2.45) is 0 Å². The van der Waals surface area contributed by atoms with Gasteiger partial charge in [-0.25, -0.2) is 33.5 Å². The van der Waals surface area contributed by atoms with Crippen LogP contribution in [0.3, 0.4) is 0 Å². The average Bonchev–Trinajstić information content (AvgIpc) is 0.757. The SMILES string of the molecule is CCN(CC)CC.CCN(CC)CC.CCN(CC)CC.CCN(CC)CC.CCN(CC)CC.CCN(CC)CC.CCN(CC)CC.CCN(CC)CC.O=S(=O)(O)OC[C@H]1O[C@@H](O[C@H]2C(OS(=O)(=O)O)[C@@H](OS(=O)(=O)O)C(OS(=O)(=O)O)O[C@@H]2COS(=O)(=O)O)[C@H](OS(=O)(=O)O)[C@@H](OS(=O)(=O)O)[C@H]1OS(=O)(=O)O. The molecule has 0 saturated carbocycles. The van der Waals surface area contributed by atoms with Crippen molar-refractivity contribution in [2.45, 2.75) is 228 Å². The minimum Gasteiger partial charge on any atom is -0.341 e. The average molecular weight is 1790 g/mol. The predicted molar refractivity (Wildman–Crippen MR) is 420 cm³/mol. The Balaban J connectivity index is -0.000000304. The second-order valence-electron chi connectivity index (χ2n) is 22.5. The third-order valence-electron chi connectivity index (χ3n) is 16.3. The molecule has 0 aromatic carbocycles. The van der Waals surface area contributed by atoms with Crippen molar-refractivity contribution in [2.75, 3.05) is 170 Å². The molecule has 2 heterocycles. The largest absolute Gasteiger partial charge is 0.399 e. The zero-order valence-electron chi connectivity index (χ0n) is 69.6. The summed E-state index contributed by atoms with van der Waals surface area (Å²) in [4.78, 5) is 19.0. The van der Waals surface area contributed by atoms with Crippen molar-refractivity contribution in [3.8, 4) is 0 Å². The second kappa shape index (κ2) is 66.3. The van der Waals surface area contributed by atoms with E-state index < -0.39 is 158 Å². The van der Waals surface area contributed by atoms with Gasteiger partial charge in [-0.15, -0.1) is 0 Å². The van der Waals surface area contributed by atoms with E-state index in [0.29, 0.717) is 0 Å². The Hall–Kier alpha value is -1.48. The highest BCUT2D eigenvalue weighted by atomic mass is 32.3. The van der Waals surface area contributed by atoms with Crippen LogP contribution in [0.5, 0.6) is 0 Å².